The van der Waals surface area contributed by atoms with Crippen LogP contribution in [0, 0.1) is 5.92 Å². The Morgan fingerprint density at radius 1 is 1.45 bits per heavy atom. The van der Waals surface area contributed by atoms with Crippen LogP contribution in [0.15, 0.2) is 5.16 Å². The largest absolute Gasteiger partial charge is 0.399 e. The Morgan fingerprint density at radius 3 is 2.45 bits per heavy atom. The Bertz CT molecular complexity index is 121. The highest BCUT2D eigenvalue weighted by atomic mass is 16.6. The minimum absolute atomic E-state index is 0.726. The van der Waals surface area contributed by atoms with Crippen LogP contribution in [0.1, 0.15) is 40.0 Å². The molecule has 0 aromatic heterocycles. The fraction of sp³-hybridized carbons (Fsp3) is 0.889. The fourth-order valence-corrected chi connectivity index (χ4v) is 0.922. The van der Waals surface area contributed by atoms with Crippen LogP contribution in [0.2, 0.25) is 0 Å². The summed E-state index contributed by atoms with van der Waals surface area (Å²) in [5.74, 6) is 0.726. The van der Waals surface area contributed by atoms with Gasteiger partial charge in [0.15, 0.2) is 0 Å². The lowest BCUT2D eigenvalue weighted by Crippen LogP contribution is -2.04. The first-order chi connectivity index (χ1) is 5.24. The van der Waals surface area contributed by atoms with Crippen LogP contribution in [0.4, 0.5) is 0 Å². The van der Waals surface area contributed by atoms with Gasteiger partial charge in [0.1, 0.15) is 7.11 Å². The van der Waals surface area contributed by atoms with Crippen molar-refractivity contribution in [1.29, 1.82) is 0 Å². The van der Waals surface area contributed by atoms with E-state index in [1.54, 1.807) is 7.11 Å². The molecule has 0 N–H and O–H groups in total. The van der Waals surface area contributed by atoms with E-state index < -0.39 is 0 Å². The van der Waals surface area contributed by atoms with E-state index in [0.29, 0.717) is 0 Å². The van der Waals surface area contributed by atoms with Gasteiger partial charge in [0.05, 0.1) is 5.71 Å². The molecule has 0 aliphatic heterocycles. The summed E-state index contributed by atoms with van der Waals surface area (Å²) < 4.78 is 0. The summed E-state index contributed by atoms with van der Waals surface area (Å²) in [6.45, 7) is 6.55. The van der Waals surface area contributed by atoms with E-state index >= 15 is 0 Å². The van der Waals surface area contributed by atoms with Gasteiger partial charge in [-0.2, -0.15) is 0 Å². The maximum atomic E-state index is 4.73. The van der Waals surface area contributed by atoms with Crippen molar-refractivity contribution in [2.24, 2.45) is 11.1 Å². The van der Waals surface area contributed by atoms with Crippen molar-refractivity contribution < 1.29 is 4.84 Å². The molecular formula is C9H19NO. The summed E-state index contributed by atoms with van der Waals surface area (Å²) in [4.78, 5) is 4.73. The van der Waals surface area contributed by atoms with Crippen molar-refractivity contribution in [2.45, 2.75) is 40.0 Å². The highest BCUT2D eigenvalue weighted by Crippen LogP contribution is 2.09. The Kier molecular flexibility index (Phi) is 5.90. The Balaban J connectivity index is 3.77. The molecule has 2 heteroatoms. The number of oxime groups is 1. The molecule has 0 aliphatic carbocycles. The van der Waals surface area contributed by atoms with E-state index in [1.165, 1.54) is 12.1 Å². The molecule has 0 bridgehead atoms. The second-order valence-electron chi connectivity index (χ2n) is 2.91. The molecule has 11 heavy (non-hydrogen) atoms. The summed E-state index contributed by atoms with van der Waals surface area (Å²) >= 11 is 0. The molecule has 0 fully saturated rings. The molecule has 0 aromatic rings. The normalized spacial score (nSPS) is 14.7. The molecular weight excluding hydrogens is 138 g/mol. The van der Waals surface area contributed by atoms with Crippen LogP contribution in [0.3, 0.4) is 0 Å². The van der Waals surface area contributed by atoms with E-state index in [4.69, 9.17) is 4.84 Å². The van der Waals surface area contributed by atoms with E-state index in [2.05, 4.69) is 25.9 Å². The first kappa shape index (κ1) is 10.5. The zero-order valence-corrected chi connectivity index (χ0v) is 8.05. The summed E-state index contributed by atoms with van der Waals surface area (Å²) in [6.07, 6.45) is 3.28. The van der Waals surface area contributed by atoms with Crippen molar-refractivity contribution >= 4 is 5.71 Å². The van der Waals surface area contributed by atoms with Crippen molar-refractivity contribution in [1.82, 2.24) is 0 Å². The SMILES string of the molecule is CCC(CC(C)CC)=NOC. The molecule has 0 radical (unpaired) electrons. The molecule has 0 saturated carbocycles. The Labute approximate surface area is 69.6 Å². The summed E-state index contributed by atoms with van der Waals surface area (Å²) in [5.41, 5.74) is 1.17. The van der Waals surface area contributed by atoms with Gasteiger partial charge in [0.25, 0.3) is 0 Å². The molecule has 0 saturated heterocycles. The third-order valence-electron chi connectivity index (χ3n) is 1.91. The quantitative estimate of drug-likeness (QED) is 0.444. The van der Waals surface area contributed by atoms with Crippen LogP contribution >= 0.6 is 0 Å². The standard InChI is InChI=1S/C9H19NO/c1-5-8(3)7-9(6-2)10-11-4/h8H,5-7H2,1-4H3. The van der Waals surface area contributed by atoms with E-state index in [9.17, 15) is 0 Å². The summed E-state index contributed by atoms with van der Waals surface area (Å²) in [6, 6.07) is 0. The first-order valence-corrected chi connectivity index (χ1v) is 4.33. The predicted molar refractivity (Wildman–Crippen MR) is 48.8 cm³/mol. The number of rotatable bonds is 5. The minimum atomic E-state index is 0.726. The first-order valence-electron chi connectivity index (χ1n) is 4.33. The van der Waals surface area contributed by atoms with Gasteiger partial charge < -0.3 is 4.84 Å². The molecule has 0 aliphatic rings. The number of nitrogens with zero attached hydrogens (tertiary/aromatic N) is 1. The van der Waals surface area contributed by atoms with Gasteiger partial charge >= 0.3 is 0 Å². The molecule has 0 aromatic carbocycles. The lowest BCUT2D eigenvalue weighted by Gasteiger charge is -2.08. The molecule has 0 heterocycles. The molecule has 66 valence electrons. The fourth-order valence-electron chi connectivity index (χ4n) is 0.922. The second-order valence-corrected chi connectivity index (χ2v) is 2.91. The van der Waals surface area contributed by atoms with Gasteiger partial charge in [0.2, 0.25) is 0 Å². The van der Waals surface area contributed by atoms with Crippen molar-refractivity contribution in [3.8, 4) is 0 Å². The van der Waals surface area contributed by atoms with Crippen molar-refractivity contribution in [3.05, 3.63) is 0 Å². The molecule has 0 spiro atoms. The van der Waals surface area contributed by atoms with Gasteiger partial charge in [0, 0.05) is 0 Å². The Hall–Kier alpha value is -0.530. The lowest BCUT2D eigenvalue weighted by molar-refractivity contribution is 0.211. The van der Waals surface area contributed by atoms with Crippen LogP contribution in [0.25, 0.3) is 0 Å². The average Bonchev–Trinajstić information content (AvgIpc) is 2.03. The van der Waals surface area contributed by atoms with Gasteiger partial charge in [-0.25, -0.2) is 0 Å². The topological polar surface area (TPSA) is 21.6 Å². The molecule has 2 nitrogen and oxygen atoms in total. The van der Waals surface area contributed by atoms with Crippen LogP contribution < -0.4 is 0 Å². The zero-order chi connectivity index (χ0) is 8.69. The molecule has 0 rings (SSSR count). The van der Waals surface area contributed by atoms with E-state index in [0.717, 1.165) is 18.8 Å². The van der Waals surface area contributed by atoms with Crippen LogP contribution in [-0.2, 0) is 4.84 Å². The summed E-state index contributed by atoms with van der Waals surface area (Å²) in [7, 11) is 1.60. The van der Waals surface area contributed by atoms with Crippen molar-refractivity contribution in [3.63, 3.8) is 0 Å². The molecule has 0 amide bonds. The monoisotopic (exact) mass is 157 g/mol. The van der Waals surface area contributed by atoms with Gasteiger partial charge in [-0.3, -0.25) is 0 Å². The smallest absolute Gasteiger partial charge is 0.106 e. The maximum absolute atomic E-state index is 4.73. The molecule has 1 atom stereocenters. The minimum Gasteiger partial charge on any atom is -0.399 e. The number of hydrogen-bond donors (Lipinski definition) is 0. The van der Waals surface area contributed by atoms with Gasteiger partial charge in [-0.15, -0.1) is 0 Å². The second kappa shape index (κ2) is 6.20. The number of hydrogen-bond acceptors (Lipinski definition) is 2. The highest BCUT2D eigenvalue weighted by molar-refractivity contribution is 5.83. The van der Waals surface area contributed by atoms with E-state index in [1.807, 2.05) is 0 Å². The predicted octanol–water partition coefficient (Wildman–Crippen LogP) is 2.84. The lowest BCUT2D eigenvalue weighted by atomic mass is 10.0. The summed E-state index contributed by atoms with van der Waals surface area (Å²) in [5, 5.41) is 3.95. The van der Waals surface area contributed by atoms with Gasteiger partial charge in [-0.05, 0) is 18.8 Å². The molecule has 1 unspecified atom stereocenters. The Morgan fingerprint density at radius 2 is 2.09 bits per heavy atom. The highest BCUT2D eigenvalue weighted by Gasteiger charge is 2.03. The van der Waals surface area contributed by atoms with Crippen LogP contribution in [-0.4, -0.2) is 12.8 Å². The third-order valence-corrected chi connectivity index (χ3v) is 1.91. The maximum Gasteiger partial charge on any atom is 0.106 e. The van der Waals surface area contributed by atoms with Crippen molar-refractivity contribution in [2.75, 3.05) is 7.11 Å². The third kappa shape index (κ3) is 4.82. The van der Waals surface area contributed by atoms with Gasteiger partial charge in [-0.1, -0.05) is 32.3 Å². The zero-order valence-electron chi connectivity index (χ0n) is 8.05. The average molecular weight is 157 g/mol. The van der Waals surface area contributed by atoms with Crippen LogP contribution in [0.5, 0.6) is 0 Å². The van der Waals surface area contributed by atoms with E-state index in [-0.39, 0.29) is 0 Å².